The highest BCUT2D eigenvalue weighted by Crippen LogP contribution is 2.42. The molecule has 9 heteroatoms. The molecule has 0 atom stereocenters. The van der Waals surface area contributed by atoms with Crippen molar-refractivity contribution in [3.63, 3.8) is 0 Å². The van der Waals surface area contributed by atoms with Gasteiger partial charge < -0.3 is 33.9 Å². The Morgan fingerprint density at radius 2 is 1.79 bits per heavy atom. The van der Waals surface area contributed by atoms with Gasteiger partial charge in [-0.2, -0.15) is 0 Å². The Labute approximate surface area is 219 Å². The van der Waals surface area contributed by atoms with Gasteiger partial charge in [-0.3, -0.25) is 0 Å². The predicted molar refractivity (Wildman–Crippen MR) is 139 cm³/mol. The van der Waals surface area contributed by atoms with Crippen molar-refractivity contribution in [2.45, 2.75) is 19.8 Å². The van der Waals surface area contributed by atoms with Gasteiger partial charge in [-0.15, -0.1) is 0 Å². The number of methoxy groups -OCH3 is 1. The molecular weight excluding hydrogens is 492 g/mol. The first-order chi connectivity index (χ1) is 18.4. The van der Waals surface area contributed by atoms with Crippen molar-refractivity contribution in [1.82, 2.24) is 0 Å². The number of hydrogen-bond acceptors (Lipinski definition) is 7. The largest absolute Gasteiger partial charge is 0.497 e. The van der Waals surface area contributed by atoms with Crippen molar-refractivity contribution in [3.05, 3.63) is 71.3 Å². The number of carbonyl (C=O) groups is 2. The lowest BCUT2D eigenvalue weighted by Gasteiger charge is -2.18. The molecule has 0 aliphatic carbocycles. The van der Waals surface area contributed by atoms with E-state index in [0.29, 0.717) is 46.3 Å². The number of carboxylic acid groups (broad SMARTS) is 2. The van der Waals surface area contributed by atoms with Crippen LogP contribution >= 0.6 is 0 Å². The van der Waals surface area contributed by atoms with Crippen LogP contribution in [0.4, 0.5) is 0 Å². The van der Waals surface area contributed by atoms with E-state index in [-0.39, 0.29) is 24.5 Å². The topological polar surface area (TPSA) is 121 Å². The van der Waals surface area contributed by atoms with Crippen LogP contribution in [-0.4, -0.2) is 49.3 Å². The molecule has 1 aliphatic heterocycles. The van der Waals surface area contributed by atoms with Gasteiger partial charge in [0.05, 0.1) is 13.7 Å². The predicted octanol–water partition coefficient (Wildman–Crippen LogP) is 5.05. The maximum absolute atomic E-state index is 12.3. The first-order valence-electron chi connectivity index (χ1n) is 12.0. The van der Waals surface area contributed by atoms with Crippen LogP contribution in [0.1, 0.15) is 24.5 Å². The summed E-state index contributed by atoms with van der Waals surface area (Å²) in [6.45, 7) is 1.98. The Kier molecular flexibility index (Phi) is 8.37. The lowest BCUT2D eigenvalue weighted by molar-refractivity contribution is -0.139. The third-order valence-corrected chi connectivity index (χ3v) is 5.77. The molecule has 2 N–H and O–H groups in total. The van der Waals surface area contributed by atoms with E-state index in [1.807, 2.05) is 6.92 Å². The van der Waals surface area contributed by atoms with Crippen LogP contribution in [0.5, 0.6) is 28.7 Å². The number of fused-ring (bicyclic) bond motifs is 1. The minimum absolute atomic E-state index is 0.127. The molecule has 0 fully saturated rings. The fourth-order valence-corrected chi connectivity index (χ4v) is 4.03. The second kappa shape index (κ2) is 12.1. The monoisotopic (exact) mass is 520 g/mol. The number of aliphatic carboxylic acids is 2. The Morgan fingerprint density at radius 3 is 2.53 bits per heavy atom. The standard InChI is InChI=1S/C29H28O9/c1-3-11-35-24-6-4-5-19(28(24)22-9-8-21(34-2)15-25(22)36-16-27(30)31)14-20(29(32)33)12-18-7-10-23-26(13-18)38-17-37-23/h4-10,13-15H,3,11-12,16-17H2,1-2H3,(H,30,31)(H,32,33)/b20-14+. The number of ether oxygens (including phenoxy) is 5. The molecule has 198 valence electrons. The van der Waals surface area contributed by atoms with E-state index >= 15 is 0 Å². The molecule has 0 aromatic heterocycles. The normalized spacial score (nSPS) is 12.2. The van der Waals surface area contributed by atoms with Crippen molar-refractivity contribution in [2.24, 2.45) is 0 Å². The summed E-state index contributed by atoms with van der Waals surface area (Å²) in [5.41, 5.74) is 2.57. The quantitative estimate of drug-likeness (QED) is 0.316. The van der Waals surface area contributed by atoms with Gasteiger partial charge in [0.2, 0.25) is 6.79 Å². The van der Waals surface area contributed by atoms with E-state index < -0.39 is 18.5 Å². The highest BCUT2D eigenvalue weighted by Gasteiger charge is 2.20. The van der Waals surface area contributed by atoms with Crippen LogP contribution in [0, 0.1) is 0 Å². The van der Waals surface area contributed by atoms with Gasteiger partial charge in [0.1, 0.15) is 17.2 Å². The van der Waals surface area contributed by atoms with Gasteiger partial charge in [0, 0.05) is 29.2 Å². The van der Waals surface area contributed by atoms with Crippen LogP contribution in [0.3, 0.4) is 0 Å². The summed E-state index contributed by atoms with van der Waals surface area (Å²) in [4.78, 5) is 23.6. The molecular formula is C29H28O9. The Bertz CT molecular complexity index is 1360. The van der Waals surface area contributed by atoms with Gasteiger partial charge >= 0.3 is 11.9 Å². The molecule has 0 bridgehead atoms. The number of rotatable bonds is 12. The van der Waals surface area contributed by atoms with Crippen molar-refractivity contribution < 1.29 is 43.5 Å². The maximum Gasteiger partial charge on any atom is 0.341 e. The Morgan fingerprint density at radius 1 is 0.974 bits per heavy atom. The second-order valence-corrected chi connectivity index (χ2v) is 8.45. The molecule has 0 amide bonds. The summed E-state index contributed by atoms with van der Waals surface area (Å²) in [6.07, 6.45) is 2.48. The zero-order valence-electron chi connectivity index (χ0n) is 21.1. The molecule has 3 aromatic carbocycles. The first kappa shape index (κ1) is 26.4. The second-order valence-electron chi connectivity index (χ2n) is 8.45. The smallest absolute Gasteiger partial charge is 0.341 e. The SMILES string of the molecule is CCCOc1cccc(/C=C(\Cc2ccc3c(c2)OCO3)C(=O)O)c1-c1ccc(OC)cc1OCC(=O)O. The van der Waals surface area contributed by atoms with Gasteiger partial charge in [-0.1, -0.05) is 25.1 Å². The summed E-state index contributed by atoms with van der Waals surface area (Å²) >= 11 is 0. The number of carboxylic acids is 2. The van der Waals surface area contributed by atoms with Gasteiger partial charge in [-0.25, -0.2) is 9.59 Å². The molecule has 3 aromatic rings. The highest BCUT2D eigenvalue weighted by atomic mass is 16.7. The maximum atomic E-state index is 12.3. The Balaban J connectivity index is 1.82. The van der Waals surface area contributed by atoms with E-state index in [1.165, 1.54) is 7.11 Å². The van der Waals surface area contributed by atoms with E-state index in [9.17, 15) is 19.8 Å². The molecule has 9 nitrogen and oxygen atoms in total. The zero-order chi connectivity index (χ0) is 27.1. The van der Waals surface area contributed by atoms with Crippen molar-refractivity contribution in [2.75, 3.05) is 27.1 Å². The minimum Gasteiger partial charge on any atom is -0.497 e. The van der Waals surface area contributed by atoms with Crippen LogP contribution in [0.2, 0.25) is 0 Å². The fraction of sp³-hybridized carbons (Fsp3) is 0.241. The van der Waals surface area contributed by atoms with E-state index in [4.69, 9.17) is 23.7 Å². The number of hydrogen-bond donors (Lipinski definition) is 2. The van der Waals surface area contributed by atoms with Crippen molar-refractivity contribution in [3.8, 4) is 39.9 Å². The van der Waals surface area contributed by atoms with E-state index in [1.54, 1.807) is 60.7 Å². The zero-order valence-corrected chi connectivity index (χ0v) is 21.1. The van der Waals surface area contributed by atoms with Crippen LogP contribution in [0.15, 0.2) is 60.2 Å². The van der Waals surface area contributed by atoms with Crippen LogP contribution in [-0.2, 0) is 16.0 Å². The van der Waals surface area contributed by atoms with E-state index in [0.717, 1.165) is 12.0 Å². The molecule has 0 spiro atoms. The molecule has 38 heavy (non-hydrogen) atoms. The average Bonchev–Trinajstić information content (AvgIpc) is 3.38. The Hall–Kier alpha value is -4.66. The molecule has 0 radical (unpaired) electrons. The molecule has 0 saturated heterocycles. The lowest BCUT2D eigenvalue weighted by atomic mass is 9.94. The highest BCUT2D eigenvalue weighted by molar-refractivity contribution is 5.95. The van der Waals surface area contributed by atoms with Crippen LogP contribution in [0.25, 0.3) is 17.2 Å². The van der Waals surface area contributed by atoms with E-state index in [2.05, 4.69) is 0 Å². The molecule has 1 heterocycles. The minimum atomic E-state index is -1.13. The summed E-state index contributed by atoms with van der Waals surface area (Å²) in [5.74, 6) is 0.233. The number of benzene rings is 3. The molecule has 0 saturated carbocycles. The van der Waals surface area contributed by atoms with Crippen LogP contribution < -0.4 is 23.7 Å². The summed E-state index contributed by atoms with van der Waals surface area (Å²) in [7, 11) is 1.50. The lowest BCUT2D eigenvalue weighted by Crippen LogP contribution is -2.10. The van der Waals surface area contributed by atoms with Gasteiger partial charge in [0.15, 0.2) is 18.1 Å². The molecule has 1 aliphatic rings. The fourth-order valence-electron chi connectivity index (χ4n) is 4.03. The summed E-state index contributed by atoms with van der Waals surface area (Å²) in [6, 6.07) is 15.7. The summed E-state index contributed by atoms with van der Waals surface area (Å²) < 4.78 is 27.7. The molecule has 4 rings (SSSR count). The van der Waals surface area contributed by atoms with Gasteiger partial charge in [0.25, 0.3) is 0 Å². The molecule has 0 unspecified atom stereocenters. The third-order valence-electron chi connectivity index (χ3n) is 5.77. The average molecular weight is 521 g/mol. The van der Waals surface area contributed by atoms with Crippen molar-refractivity contribution >= 4 is 18.0 Å². The first-order valence-corrected chi connectivity index (χ1v) is 12.0. The third kappa shape index (κ3) is 6.18. The summed E-state index contributed by atoms with van der Waals surface area (Å²) in [5, 5.41) is 19.3. The van der Waals surface area contributed by atoms with Gasteiger partial charge in [-0.05, 0) is 54.0 Å². The van der Waals surface area contributed by atoms with Crippen molar-refractivity contribution in [1.29, 1.82) is 0 Å².